The molecule has 1 aromatic rings. The van der Waals surface area contributed by atoms with Crippen LogP contribution >= 0.6 is 34.2 Å². The SMILES string of the molecule is O=C(NCC1(CCCl)CC1)c1ccc(I)cc1. The number of hydrogen-bond acceptors (Lipinski definition) is 1. The predicted octanol–water partition coefficient (Wildman–Crippen LogP) is 3.43. The zero-order valence-corrected chi connectivity index (χ0v) is 12.4. The fourth-order valence-corrected chi connectivity index (χ4v) is 2.62. The molecule has 2 nitrogen and oxygen atoms in total. The number of benzene rings is 1. The Labute approximate surface area is 120 Å². The Kier molecular flexibility index (Phi) is 4.31. The summed E-state index contributed by atoms with van der Waals surface area (Å²) in [5.41, 5.74) is 1.02. The van der Waals surface area contributed by atoms with Crippen molar-refractivity contribution in [2.45, 2.75) is 19.3 Å². The van der Waals surface area contributed by atoms with E-state index >= 15 is 0 Å². The highest BCUT2D eigenvalue weighted by atomic mass is 127. The van der Waals surface area contributed by atoms with Gasteiger partial charge in [-0.15, -0.1) is 11.6 Å². The maximum atomic E-state index is 11.9. The van der Waals surface area contributed by atoms with E-state index in [1.165, 1.54) is 12.8 Å². The van der Waals surface area contributed by atoms with E-state index in [9.17, 15) is 4.79 Å². The highest BCUT2D eigenvalue weighted by Gasteiger charge is 2.41. The Morgan fingerprint density at radius 2 is 2.00 bits per heavy atom. The van der Waals surface area contributed by atoms with Crippen molar-refractivity contribution >= 4 is 40.1 Å². The van der Waals surface area contributed by atoms with Gasteiger partial charge in [-0.3, -0.25) is 4.79 Å². The van der Waals surface area contributed by atoms with E-state index in [4.69, 9.17) is 11.6 Å². The lowest BCUT2D eigenvalue weighted by Gasteiger charge is -2.14. The maximum Gasteiger partial charge on any atom is 0.251 e. The molecule has 92 valence electrons. The fourth-order valence-electron chi connectivity index (χ4n) is 1.86. The van der Waals surface area contributed by atoms with Crippen molar-refractivity contribution in [3.05, 3.63) is 33.4 Å². The van der Waals surface area contributed by atoms with Gasteiger partial charge >= 0.3 is 0 Å². The summed E-state index contributed by atoms with van der Waals surface area (Å²) in [7, 11) is 0. The lowest BCUT2D eigenvalue weighted by molar-refractivity contribution is 0.0944. The number of carbonyl (C=O) groups is 1. The summed E-state index contributed by atoms with van der Waals surface area (Å²) in [6.45, 7) is 0.755. The lowest BCUT2D eigenvalue weighted by atomic mass is 10.0. The Bertz CT molecular complexity index is 400. The van der Waals surface area contributed by atoms with Gasteiger partial charge in [0.25, 0.3) is 5.91 Å². The van der Waals surface area contributed by atoms with Crippen LogP contribution in [0.15, 0.2) is 24.3 Å². The average molecular weight is 364 g/mol. The summed E-state index contributed by atoms with van der Waals surface area (Å²) < 4.78 is 1.14. The number of hydrogen-bond donors (Lipinski definition) is 1. The average Bonchev–Trinajstić information content (AvgIpc) is 3.08. The first-order valence-corrected chi connectivity index (χ1v) is 7.36. The van der Waals surface area contributed by atoms with Crippen molar-refractivity contribution in [2.75, 3.05) is 12.4 Å². The van der Waals surface area contributed by atoms with Crippen LogP contribution in [0.3, 0.4) is 0 Å². The fraction of sp³-hybridized carbons (Fsp3) is 0.462. The summed E-state index contributed by atoms with van der Waals surface area (Å²) >= 11 is 7.99. The monoisotopic (exact) mass is 363 g/mol. The molecular formula is C13H15ClINO. The minimum atomic E-state index is 0.0160. The van der Waals surface area contributed by atoms with Crippen molar-refractivity contribution in [3.63, 3.8) is 0 Å². The van der Waals surface area contributed by atoms with E-state index in [0.717, 1.165) is 22.1 Å². The molecule has 0 aliphatic heterocycles. The number of alkyl halides is 1. The predicted molar refractivity (Wildman–Crippen MR) is 78.5 cm³/mol. The minimum Gasteiger partial charge on any atom is -0.351 e. The standard InChI is InChI=1S/C13H15ClINO/c14-8-7-13(5-6-13)9-16-12(17)10-1-3-11(15)4-2-10/h1-4H,5-9H2,(H,16,17). The van der Waals surface area contributed by atoms with E-state index in [1.54, 1.807) is 0 Å². The summed E-state index contributed by atoms with van der Waals surface area (Å²) in [6.07, 6.45) is 3.38. The largest absolute Gasteiger partial charge is 0.351 e. The van der Waals surface area contributed by atoms with Crippen LogP contribution < -0.4 is 5.32 Å². The van der Waals surface area contributed by atoms with E-state index in [0.29, 0.717) is 11.3 Å². The van der Waals surface area contributed by atoms with Crippen molar-refractivity contribution in [1.82, 2.24) is 5.32 Å². The molecule has 0 atom stereocenters. The molecule has 1 N–H and O–H groups in total. The first-order chi connectivity index (χ1) is 8.15. The molecule has 0 unspecified atom stereocenters. The summed E-state index contributed by atoms with van der Waals surface area (Å²) in [4.78, 5) is 11.9. The van der Waals surface area contributed by atoms with Crippen molar-refractivity contribution in [1.29, 1.82) is 0 Å². The third-order valence-corrected chi connectivity index (χ3v) is 4.22. The number of carbonyl (C=O) groups excluding carboxylic acids is 1. The Hall–Kier alpha value is -0.290. The van der Waals surface area contributed by atoms with Crippen LogP contribution in [0, 0.1) is 8.99 Å². The molecule has 1 fully saturated rings. The molecule has 0 bridgehead atoms. The van der Waals surface area contributed by atoms with Crippen LogP contribution in [0.5, 0.6) is 0 Å². The van der Waals surface area contributed by atoms with Gasteiger partial charge in [-0.25, -0.2) is 0 Å². The Balaban J connectivity index is 1.87. The third kappa shape index (κ3) is 3.58. The zero-order valence-electron chi connectivity index (χ0n) is 9.51. The second kappa shape index (κ2) is 5.57. The van der Waals surface area contributed by atoms with E-state index in [2.05, 4.69) is 27.9 Å². The van der Waals surface area contributed by atoms with Gasteiger partial charge in [0.15, 0.2) is 0 Å². The first-order valence-electron chi connectivity index (χ1n) is 5.75. The van der Waals surface area contributed by atoms with Gasteiger partial charge in [0.1, 0.15) is 0 Å². The smallest absolute Gasteiger partial charge is 0.251 e. The molecule has 1 aliphatic rings. The molecule has 1 amide bonds. The second-order valence-electron chi connectivity index (χ2n) is 4.63. The number of amides is 1. The Morgan fingerprint density at radius 3 is 2.53 bits per heavy atom. The normalized spacial score (nSPS) is 16.6. The zero-order chi connectivity index (χ0) is 12.3. The number of nitrogens with one attached hydrogen (secondary N) is 1. The molecule has 0 heterocycles. The summed E-state index contributed by atoms with van der Waals surface area (Å²) in [6, 6.07) is 7.61. The van der Waals surface area contributed by atoms with Crippen molar-refractivity contribution < 1.29 is 4.79 Å². The van der Waals surface area contributed by atoms with Crippen LogP contribution in [0.1, 0.15) is 29.6 Å². The molecule has 4 heteroatoms. The highest BCUT2D eigenvalue weighted by Crippen LogP contribution is 2.48. The molecule has 1 aromatic carbocycles. The van der Waals surface area contributed by atoms with Crippen LogP contribution in [0.4, 0.5) is 0 Å². The lowest BCUT2D eigenvalue weighted by Crippen LogP contribution is -2.30. The van der Waals surface area contributed by atoms with Gasteiger partial charge < -0.3 is 5.32 Å². The number of halogens is 2. The third-order valence-electron chi connectivity index (χ3n) is 3.31. The van der Waals surface area contributed by atoms with Gasteiger partial charge in [0.2, 0.25) is 0 Å². The molecular weight excluding hydrogens is 349 g/mol. The maximum absolute atomic E-state index is 11.9. The quantitative estimate of drug-likeness (QED) is 0.630. The van der Waals surface area contributed by atoms with Gasteiger partial charge in [0.05, 0.1) is 0 Å². The molecule has 0 spiro atoms. The van der Waals surface area contributed by atoms with Gasteiger partial charge in [-0.2, -0.15) is 0 Å². The van der Waals surface area contributed by atoms with Crippen LogP contribution in [-0.2, 0) is 0 Å². The molecule has 0 saturated heterocycles. The van der Waals surface area contributed by atoms with E-state index in [1.807, 2.05) is 24.3 Å². The molecule has 0 radical (unpaired) electrons. The summed E-state index contributed by atoms with van der Waals surface area (Å²) in [5.74, 6) is 0.696. The molecule has 2 rings (SSSR count). The van der Waals surface area contributed by atoms with E-state index < -0.39 is 0 Å². The van der Waals surface area contributed by atoms with E-state index in [-0.39, 0.29) is 5.91 Å². The summed E-state index contributed by atoms with van der Waals surface area (Å²) in [5, 5.41) is 3.01. The van der Waals surface area contributed by atoms with Gasteiger partial charge in [-0.1, -0.05) is 0 Å². The topological polar surface area (TPSA) is 29.1 Å². The van der Waals surface area contributed by atoms with Crippen LogP contribution in [-0.4, -0.2) is 18.3 Å². The first kappa shape index (κ1) is 13.1. The van der Waals surface area contributed by atoms with Gasteiger partial charge in [-0.05, 0) is 71.5 Å². The molecule has 17 heavy (non-hydrogen) atoms. The Morgan fingerprint density at radius 1 is 1.35 bits per heavy atom. The number of rotatable bonds is 5. The van der Waals surface area contributed by atoms with Crippen molar-refractivity contribution in [3.8, 4) is 0 Å². The van der Waals surface area contributed by atoms with Gasteiger partial charge in [0, 0.05) is 21.6 Å². The molecule has 1 saturated carbocycles. The van der Waals surface area contributed by atoms with Crippen LogP contribution in [0.25, 0.3) is 0 Å². The van der Waals surface area contributed by atoms with Crippen molar-refractivity contribution in [2.24, 2.45) is 5.41 Å². The molecule has 1 aliphatic carbocycles. The highest BCUT2D eigenvalue weighted by molar-refractivity contribution is 14.1. The molecule has 0 aromatic heterocycles. The minimum absolute atomic E-state index is 0.0160. The van der Waals surface area contributed by atoms with Crippen LogP contribution in [0.2, 0.25) is 0 Å². The second-order valence-corrected chi connectivity index (χ2v) is 6.25.